The molecular weight excluding hydrogens is 222 g/mol. The fraction of sp³-hybridized carbons (Fsp3) is 0.889. The zero-order valence-corrected chi connectivity index (χ0v) is 9.94. The Morgan fingerprint density at radius 2 is 2.29 bits per heavy atom. The number of hydrogen-bond acceptors (Lipinski definition) is 2. The highest BCUT2D eigenvalue weighted by Gasteiger charge is 2.24. The third kappa shape index (κ3) is 3.58. The maximum absolute atomic E-state index is 11.3. The van der Waals surface area contributed by atoms with Crippen LogP contribution in [0.3, 0.4) is 0 Å². The normalized spacial score (nSPS) is 24.7. The molecule has 1 fully saturated rings. The highest BCUT2D eigenvalue weighted by Crippen LogP contribution is 2.20. The number of hydrogen-bond donors (Lipinski definition) is 0. The molecule has 1 aliphatic heterocycles. The molecule has 0 bridgehead atoms. The Morgan fingerprint density at radius 1 is 1.57 bits per heavy atom. The Labute approximate surface area is 91.8 Å². The number of amides is 1. The van der Waals surface area contributed by atoms with Gasteiger partial charge in [-0.1, -0.05) is 0 Å². The van der Waals surface area contributed by atoms with Crippen LogP contribution in [0.2, 0.25) is 0 Å². The second-order valence-corrected chi connectivity index (χ2v) is 5.67. The molecule has 3 nitrogen and oxygen atoms in total. The van der Waals surface area contributed by atoms with Crippen molar-refractivity contribution in [3.8, 4) is 0 Å². The van der Waals surface area contributed by atoms with Crippen LogP contribution in [0.1, 0.15) is 32.6 Å². The first-order valence-electron chi connectivity index (χ1n) is 4.93. The summed E-state index contributed by atoms with van der Waals surface area (Å²) in [4.78, 5) is 13.2. The second kappa shape index (κ2) is 5.71. The number of carbonyl (C=O) groups is 1. The highest BCUT2D eigenvalue weighted by atomic mass is 35.7. The third-order valence-corrected chi connectivity index (χ3v) is 3.66. The predicted molar refractivity (Wildman–Crippen MR) is 58.5 cm³/mol. The zero-order valence-electron chi connectivity index (χ0n) is 8.37. The number of halogens is 1. The average molecular weight is 238 g/mol. The van der Waals surface area contributed by atoms with Crippen LogP contribution >= 0.6 is 10.7 Å². The van der Waals surface area contributed by atoms with Gasteiger partial charge < -0.3 is 4.90 Å². The summed E-state index contributed by atoms with van der Waals surface area (Å²) in [6.45, 7) is 2.44. The second-order valence-electron chi connectivity index (χ2n) is 3.64. The SMILES string of the molecule is CC(=O)N1CCCCC1CCS(=O)Cl. The van der Waals surface area contributed by atoms with Gasteiger partial charge in [0.25, 0.3) is 0 Å². The van der Waals surface area contributed by atoms with E-state index in [1.165, 1.54) is 0 Å². The number of nitrogens with zero attached hydrogens (tertiary/aromatic N) is 1. The van der Waals surface area contributed by atoms with Crippen molar-refractivity contribution >= 4 is 26.6 Å². The van der Waals surface area contributed by atoms with Gasteiger partial charge in [0.1, 0.15) is 10.0 Å². The Bertz CT molecular complexity index is 235. The number of piperidine rings is 1. The van der Waals surface area contributed by atoms with E-state index in [0.717, 1.165) is 32.2 Å². The van der Waals surface area contributed by atoms with Crippen LogP contribution in [0.25, 0.3) is 0 Å². The van der Waals surface area contributed by atoms with Crippen LogP contribution < -0.4 is 0 Å². The smallest absolute Gasteiger partial charge is 0.219 e. The largest absolute Gasteiger partial charge is 0.340 e. The van der Waals surface area contributed by atoms with Crippen LogP contribution in [0, 0.1) is 0 Å². The molecule has 0 saturated carbocycles. The first-order chi connectivity index (χ1) is 6.61. The Morgan fingerprint density at radius 3 is 2.86 bits per heavy atom. The molecule has 1 aliphatic rings. The molecular formula is C9H16ClNO2S. The Balaban J connectivity index is 2.45. The summed E-state index contributed by atoms with van der Waals surface area (Å²) in [5.41, 5.74) is 0. The molecule has 1 amide bonds. The maximum atomic E-state index is 11.3. The van der Waals surface area contributed by atoms with Crippen LogP contribution in [0.5, 0.6) is 0 Å². The van der Waals surface area contributed by atoms with E-state index in [-0.39, 0.29) is 11.9 Å². The minimum atomic E-state index is -1.26. The molecule has 82 valence electrons. The molecule has 1 heterocycles. The van der Waals surface area contributed by atoms with Crippen molar-refractivity contribution in [2.75, 3.05) is 12.3 Å². The van der Waals surface area contributed by atoms with Gasteiger partial charge in [-0.05, 0) is 36.4 Å². The van der Waals surface area contributed by atoms with Gasteiger partial charge in [0.05, 0.1) is 0 Å². The van der Waals surface area contributed by atoms with Gasteiger partial charge in [0, 0.05) is 25.3 Å². The zero-order chi connectivity index (χ0) is 10.6. The van der Waals surface area contributed by atoms with E-state index in [0.29, 0.717) is 5.75 Å². The summed E-state index contributed by atoms with van der Waals surface area (Å²) >= 11 is 0. The molecule has 0 aliphatic carbocycles. The number of likely N-dealkylation sites (tertiary alicyclic amines) is 1. The summed E-state index contributed by atoms with van der Waals surface area (Å²) in [5, 5.41) is 0. The summed E-state index contributed by atoms with van der Waals surface area (Å²) in [6, 6.07) is 0.254. The third-order valence-electron chi connectivity index (χ3n) is 2.64. The Kier molecular flexibility index (Phi) is 4.89. The fourth-order valence-electron chi connectivity index (χ4n) is 1.94. The summed E-state index contributed by atoms with van der Waals surface area (Å²) in [6.07, 6.45) is 4.02. The quantitative estimate of drug-likeness (QED) is 0.701. The van der Waals surface area contributed by atoms with Gasteiger partial charge in [0.2, 0.25) is 5.91 Å². The Hall–Kier alpha value is -0.0900. The number of rotatable bonds is 3. The van der Waals surface area contributed by atoms with Gasteiger partial charge in [-0.2, -0.15) is 0 Å². The van der Waals surface area contributed by atoms with E-state index in [1.54, 1.807) is 6.92 Å². The van der Waals surface area contributed by atoms with E-state index in [1.807, 2.05) is 4.90 Å². The van der Waals surface area contributed by atoms with Crippen molar-refractivity contribution in [3.05, 3.63) is 0 Å². The molecule has 0 aromatic heterocycles. The van der Waals surface area contributed by atoms with Crippen molar-refractivity contribution in [1.82, 2.24) is 4.90 Å². The first-order valence-corrected chi connectivity index (χ1v) is 7.07. The van der Waals surface area contributed by atoms with Crippen LogP contribution in [0.4, 0.5) is 0 Å². The highest BCUT2D eigenvalue weighted by molar-refractivity contribution is 8.08. The standard InChI is InChI=1S/C9H16ClNO2S/c1-8(12)11-6-3-2-4-9(11)5-7-14(10)13/h9H,2-7H2,1H3. The van der Waals surface area contributed by atoms with E-state index in [4.69, 9.17) is 10.7 Å². The number of carbonyl (C=O) groups excluding carboxylic acids is 1. The lowest BCUT2D eigenvalue weighted by Crippen LogP contribution is -2.43. The van der Waals surface area contributed by atoms with Gasteiger partial charge in [-0.3, -0.25) is 4.79 Å². The minimum Gasteiger partial charge on any atom is -0.340 e. The van der Waals surface area contributed by atoms with Gasteiger partial charge >= 0.3 is 0 Å². The minimum absolute atomic E-state index is 0.120. The van der Waals surface area contributed by atoms with E-state index in [2.05, 4.69) is 0 Å². The van der Waals surface area contributed by atoms with E-state index < -0.39 is 10.0 Å². The van der Waals surface area contributed by atoms with Crippen molar-refractivity contribution in [3.63, 3.8) is 0 Å². The van der Waals surface area contributed by atoms with Gasteiger partial charge in [-0.25, -0.2) is 4.21 Å². The van der Waals surface area contributed by atoms with Crippen molar-refractivity contribution in [2.24, 2.45) is 0 Å². The average Bonchev–Trinajstić information content (AvgIpc) is 2.15. The molecule has 0 radical (unpaired) electrons. The van der Waals surface area contributed by atoms with Gasteiger partial charge in [-0.15, -0.1) is 0 Å². The molecule has 14 heavy (non-hydrogen) atoms. The maximum Gasteiger partial charge on any atom is 0.219 e. The van der Waals surface area contributed by atoms with Crippen molar-refractivity contribution in [1.29, 1.82) is 0 Å². The fourth-order valence-corrected chi connectivity index (χ4v) is 2.67. The molecule has 0 aromatic rings. The summed E-state index contributed by atoms with van der Waals surface area (Å²) < 4.78 is 10.7. The molecule has 2 atom stereocenters. The monoisotopic (exact) mass is 237 g/mol. The molecule has 0 N–H and O–H groups in total. The molecule has 2 unspecified atom stereocenters. The predicted octanol–water partition coefficient (Wildman–Crippen LogP) is 1.68. The molecule has 5 heteroatoms. The summed E-state index contributed by atoms with van der Waals surface area (Å²) in [7, 11) is 4.13. The lowest BCUT2D eigenvalue weighted by Gasteiger charge is -2.34. The topological polar surface area (TPSA) is 37.4 Å². The molecule has 1 saturated heterocycles. The van der Waals surface area contributed by atoms with E-state index >= 15 is 0 Å². The molecule has 0 spiro atoms. The van der Waals surface area contributed by atoms with Crippen molar-refractivity contribution < 1.29 is 9.00 Å². The lowest BCUT2D eigenvalue weighted by molar-refractivity contribution is -0.132. The van der Waals surface area contributed by atoms with Crippen molar-refractivity contribution in [2.45, 2.75) is 38.6 Å². The molecule has 1 rings (SSSR count). The van der Waals surface area contributed by atoms with Crippen LogP contribution in [0.15, 0.2) is 0 Å². The lowest BCUT2D eigenvalue weighted by atomic mass is 10.00. The van der Waals surface area contributed by atoms with Crippen LogP contribution in [-0.4, -0.2) is 33.4 Å². The first kappa shape index (κ1) is 12.0. The van der Waals surface area contributed by atoms with Gasteiger partial charge in [0.15, 0.2) is 0 Å². The summed E-state index contributed by atoms with van der Waals surface area (Å²) in [5.74, 6) is 0.603. The van der Waals surface area contributed by atoms with E-state index in [9.17, 15) is 9.00 Å². The van der Waals surface area contributed by atoms with Crippen LogP contribution in [-0.2, 0) is 14.8 Å². The molecule has 0 aromatic carbocycles.